The van der Waals surface area contributed by atoms with Crippen LogP contribution in [0.4, 0.5) is 0 Å². The second-order valence-corrected chi connectivity index (χ2v) is 2.80. The SMILES string of the molecule is COc1n[nH]c(CI)c1Cl. The zero-order chi connectivity index (χ0) is 7.56. The van der Waals surface area contributed by atoms with Crippen molar-refractivity contribution in [2.45, 2.75) is 4.43 Å². The highest BCUT2D eigenvalue weighted by Gasteiger charge is 2.08. The molecule has 0 aliphatic heterocycles. The lowest BCUT2D eigenvalue weighted by molar-refractivity contribution is 0.397. The summed E-state index contributed by atoms with van der Waals surface area (Å²) in [5.41, 5.74) is 0.902. The van der Waals surface area contributed by atoms with Crippen LogP contribution in [0.25, 0.3) is 0 Å². The minimum atomic E-state index is 0.466. The molecule has 1 N–H and O–H groups in total. The Hall–Kier alpha value is 0.0300. The summed E-state index contributed by atoms with van der Waals surface area (Å²) in [6.07, 6.45) is 0. The van der Waals surface area contributed by atoms with Crippen LogP contribution < -0.4 is 4.74 Å². The summed E-state index contributed by atoms with van der Waals surface area (Å²) >= 11 is 8.00. The molecule has 0 unspecified atom stereocenters. The summed E-state index contributed by atoms with van der Waals surface area (Å²) in [5, 5.41) is 7.16. The van der Waals surface area contributed by atoms with Crippen molar-refractivity contribution in [2.75, 3.05) is 7.11 Å². The second-order valence-electron chi connectivity index (χ2n) is 1.66. The van der Waals surface area contributed by atoms with E-state index in [1.54, 1.807) is 7.11 Å². The second kappa shape index (κ2) is 3.43. The third kappa shape index (κ3) is 1.37. The monoisotopic (exact) mass is 272 g/mol. The molecule has 1 heterocycles. The van der Waals surface area contributed by atoms with E-state index in [4.69, 9.17) is 16.3 Å². The van der Waals surface area contributed by atoms with Gasteiger partial charge in [0.2, 0.25) is 0 Å². The van der Waals surface area contributed by atoms with Crippen LogP contribution in [0.1, 0.15) is 5.69 Å². The number of methoxy groups -OCH3 is 1. The Labute approximate surface area is 77.2 Å². The number of hydrogen-bond acceptors (Lipinski definition) is 2. The van der Waals surface area contributed by atoms with Crippen molar-refractivity contribution in [3.63, 3.8) is 0 Å². The summed E-state index contributed by atoms with van der Waals surface area (Å²) in [5.74, 6) is 0.466. The number of halogens is 2. The van der Waals surface area contributed by atoms with Crippen LogP contribution in [0, 0.1) is 0 Å². The molecule has 0 saturated carbocycles. The quantitative estimate of drug-likeness (QED) is 0.660. The van der Waals surface area contributed by atoms with E-state index in [9.17, 15) is 0 Å². The first-order valence-corrected chi connectivity index (χ1v) is 4.52. The van der Waals surface area contributed by atoms with Crippen molar-refractivity contribution in [3.05, 3.63) is 10.7 Å². The topological polar surface area (TPSA) is 37.9 Å². The van der Waals surface area contributed by atoms with Crippen molar-refractivity contribution in [3.8, 4) is 5.88 Å². The molecule has 0 amide bonds. The van der Waals surface area contributed by atoms with Gasteiger partial charge in [-0.15, -0.1) is 5.10 Å². The number of nitrogens with zero attached hydrogens (tertiary/aromatic N) is 1. The molecular weight excluding hydrogens is 266 g/mol. The fourth-order valence-corrected chi connectivity index (χ4v) is 1.58. The molecule has 0 bridgehead atoms. The Morgan fingerprint density at radius 3 is 2.80 bits per heavy atom. The molecule has 56 valence electrons. The lowest BCUT2D eigenvalue weighted by Gasteiger charge is -1.91. The molecule has 3 nitrogen and oxygen atoms in total. The molecule has 5 heteroatoms. The first-order chi connectivity index (χ1) is 4.79. The van der Waals surface area contributed by atoms with Gasteiger partial charge >= 0.3 is 0 Å². The number of alkyl halides is 1. The smallest absolute Gasteiger partial charge is 0.251 e. The van der Waals surface area contributed by atoms with Gasteiger partial charge in [0.05, 0.1) is 12.8 Å². The van der Waals surface area contributed by atoms with Crippen LogP contribution in [0.5, 0.6) is 5.88 Å². The van der Waals surface area contributed by atoms with Gasteiger partial charge in [0, 0.05) is 4.43 Å². The van der Waals surface area contributed by atoms with Crippen molar-refractivity contribution in [1.82, 2.24) is 10.2 Å². The number of hydrogen-bond donors (Lipinski definition) is 1. The van der Waals surface area contributed by atoms with Gasteiger partial charge in [0.1, 0.15) is 5.02 Å². The van der Waals surface area contributed by atoms with Crippen molar-refractivity contribution >= 4 is 34.2 Å². The molecular formula is C5H6ClIN2O. The van der Waals surface area contributed by atoms with E-state index in [2.05, 4.69) is 32.8 Å². The number of rotatable bonds is 2. The van der Waals surface area contributed by atoms with Crippen LogP contribution in [0.3, 0.4) is 0 Å². The maximum atomic E-state index is 5.80. The summed E-state index contributed by atoms with van der Waals surface area (Å²) in [4.78, 5) is 0. The zero-order valence-corrected chi connectivity index (χ0v) is 8.23. The van der Waals surface area contributed by atoms with Gasteiger partial charge in [-0.3, -0.25) is 5.10 Å². The Kier molecular flexibility index (Phi) is 2.79. The van der Waals surface area contributed by atoms with Gasteiger partial charge in [0.25, 0.3) is 5.88 Å². The van der Waals surface area contributed by atoms with Crippen LogP contribution in [-0.4, -0.2) is 17.3 Å². The van der Waals surface area contributed by atoms with Gasteiger partial charge in [-0.1, -0.05) is 34.2 Å². The van der Waals surface area contributed by atoms with Gasteiger partial charge in [0.15, 0.2) is 0 Å². The number of H-pyrrole nitrogens is 1. The first kappa shape index (κ1) is 8.13. The van der Waals surface area contributed by atoms with Gasteiger partial charge < -0.3 is 4.74 Å². The minimum Gasteiger partial charge on any atom is -0.479 e. The predicted molar refractivity (Wildman–Crippen MR) is 47.9 cm³/mol. The molecule has 0 fully saturated rings. The summed E-state index contributed by atoms with van der Waals surface area (Å²) in [6.45, 7) is 0. The molecule has 0 aliphatic carbocycles. The summed E-state index contributed by atoms with van der Waals surface area (Å²) in [6, 6.07) is 0. The van der Waals surface area contributed by atoms with Crippen molar-refractivity contribution in [2.24, 2.45) is 0 Å². The third-order valence-corrected chi connectivity index (χ3v) is 2.22. The molecule has 0 saturated heterocycles. The highest BCUT2D eigenvalue weighted by Crippen LogP contribution is 2.25. The normalized spacial score (nSPS) is 9.90. The summed E-state index contributed by atoms with van der Waals surface area (Å²) < 4.78 is 5.66. The zero-order valence-electron chi connectivity index (χ0n) is 5.32. The molecule has 1 aromatic heterocycles. The van der Waals surface area contributed by atoms with Gasteiger partial charge in [-0.05, 0) is 0 Å². The Morgan fingerprint density at radius 1 is 1.80 bits per heavy atom. The van der Waals surface area contributed by atoms with Crippen LogP contribution in [0.15, 0.2) is 0 Å². The molecule has 0 aromatic carbocycles. The molecule has 0 spiro atoms. The van der Waals surface area contributed by atoms with Gasteiger partial charge in [-0.25, -0.2) is 0 Å². The lowest BCUT2D eigenvalue weighted by atomic mass is 10.5. The van der Waals surface area contributed by atoms with E-state index in [1.165, 1.54) is 0 Å². The number of ether oxygens (including phenoxy) is 1. The first-order valence-electron chi connectivity index (χ1n) is 2.62. The fourth-order valence-electron chi connectivity index (χ4n) is 0.569. The number of aromatic amines is 1. The van der Waals surface area contributed by atoms with Crippen molar-refractivity contribution in [1.29, 1.82) is 0 Å². The Morgan fingerprint density at radius 2 is 2.50 bits per heavy atom. The molecule has 1 rings (SSSR count). The third-order valence-electron chi connectivity index (χ3n) is 1.07. The van der Waals surface area contributed by atoms with E-state index < -0.39 is 0 Å². The molecule has 0 atom stereocenters. The Bertz CT molecular complexity index is 204. The number of nitrogens with one attached hydrogen (secondary N) is 1. The molecule has 10 heavy (non-hydrogen) atoms. The highest BCUT2D eigenvalue weighted by molar-refractivity contribution is 14.1. The minimum absolute atomic E-state index is 0.466. The number of aromatic nitrogens is 2. The highest BCUT2D eigenvalue weighted by atomic mass is 127. The van der Waals surface area contributed by atoms with Crippen molar-refractivity contribution < 1.29 is 4.74 Å². The van der Waals surface area contributed by atoms with Crippen LogP contribution in [-0.2, 0) is 4.43 Å². The molecule has 0 radical (unpaired) electrons. The molecule has 1 aromatic rings. The van der Waals surface area contributed by atoms with E-state index in [0.717, 1.165) is 10.1 Å². The van der Waals surface area contributed by atoms with E-state index in [0.29, 0.717) is 10.9 Å². The average Bonchev–Trinajstić information content (AvgIpc) is 2.30. The van der Waals surface area contributed by atoms with E-state index in [1.807, 2.05) is 0 Å². The Balaban J connectivity index is 2.97. The largest absolute Gasteiger partial charge is 0.479 e. The van der Waals surface area contributed by atoms with Crippen LogP contribution >= 0.6 is 34.2 Å². The predicted octanol–water partition coefficient (Wildman–Crippen LogP) is 2.01. The van der Waals surface area contributed by atoms with E-state index in [-0.39, 0.29) is 0 Å². The van der Waals surface area contributed by atoms with Gasteiger partial charge in [-0.2, -0.15) is 0 Å². The maximum absolute atomic E-state index is 5.80. The lowest BCUT2D eigenvalue weighted by Crippen LogP contribution is -1.81. The van der Waals surface area contributed by atoms with Crippen LogP contribution in [0.2, 0.25) is 5.02 Å². The fraction of sp³-hybridized carbons (Fsp3) is 0.400. The maximum Gasteiger partial charge on any atom is 0.251 e. The van der Waals surface area contributed by atoms with E-state index >= 15 is 0 Å². The summed E-state index contributed by atoms with van der Waals surface area (Å²) in [7, 11) is 1.54. The molecule has 0 aliphatic rings. The standard InChI is InChI=1S/C5H6ClIN2O/c1-10-5-4(6)3(2-7)8-9-5/h2H2,1H3,(H,8,9). The average molecular weight is 272 g/mol.